The number of piperidine rings is 1. The number of likely N-dealkylation sites (tertiary alicyclic amines) is 1. The Morgan fingerprint density at radius 2 is 1.87 bits per heavy atom. The molecule has 2 heterocycles. The fourth-order valence-electron chi connectivity index (χ4n) is 3.69. The molecular weight excluding hydrogens is 296 g/mol. The molecule has 2 fully saturated rings. The average Bonchev–Trinajstić information content (AvgIpc) is 3.08. The molecule has 1 aromatic rings. The van der Waals surface area contributed by atoms with E-state index in [0.29, 0.717) is 5.56 Å². The third kappa shape index (κ3) is 3.90. The van der Waals surface area contributed by atoms with Crippen molar-refractivity contribution in [3.63, 3.8) is 0 Å². The molecule has 1 saturated carbocycles. The molecule has 0 unspecified atom stereocenters. The van der Waals surface area contributed by atoms with Crippen LogP contribution in [0.2, 0.25) is 0 Å². The zero-order valence-electron chi connectivity index (χ0n) is 13.3. The second-order valence-electron chi connectivity index (χ2n) is 6.56. The van der Waals surface area contributed by atoms with Gasteiger partial charge in [0, 0.05) is 24.7 Å². The lowest BCUT2D eigenvalue weighted by Crippen LogP contribution is -2.44. The average molecular weight is 320 g/mol. The van der Waals surface area contributed by atoms with Gasteiger partial charge in [0.15, 0.2) is 0 Å². The molecule has 1 aliphatic carbocycles. The van der Waals surface area contributed by atoms with Crippen LogP contribution >= 0.6 is 0 Å². The first-order valence-corrected chi connectivity index (χ1v) is 8.46. The van der Waals surface area contributed by atoms with Gasteiger partial charge in [0.25, 0.3) is 5.56 Å². The molecule has 3 rings (SSSR count). The molecule has 1 amide bonds. The van der Waals surface area contributed by atoms with Gasteiger partial charge < -0.3 is 15.2 Å². The molecular formula is C16H24N4O3. The summed E-state index contributed by atoms with van der Waals surface area (Å²) < 4.78 is 0. The molecule has 2 aliphatic rings. The summed E-state index contributed by atoms with van der Waals surface area (Å²) in [6, 6.07) is 0.721. The molecule has 23 heavy (non-hydrogen) atoms. The Morgan fingerprint density at radius 3 is 2.52 bits per heavy atom. The fourth-order valence-corrected chi connectivity index (χ4v) is 3.69. The molecule has 1 saturated heterocycles. The first-order valence-electron chi connectivity index (χ1n) is 8.46. The third-order valence-electron chi connectivity index (χ3n) is 5.09. The van der Waals surface area contributed by atoms with Crippen LogP contribution in [0.5, 0.6) is 0 Å². The summed E-state index contributed by atoms with van der Waals surface area (Å²) >= 11 is 0. The zero-order chi connectivity index (χ0) is 16.2. The van der Waals surface area contributed by atoms with Gasteiger partial charge in [0.2, 0.25) is 5.91 Å². The lowest BCUT2D eigenvalue weighted by Gasteiger charge is -2.35. The van der Waals surface area contributed by atoms with Gasteiger partial charge in [-0.1, -0.05) is 12.8 Å². The van der Waals surface area contributed by atoms with E-state index in [1.807, 2.05) is 0 Å². The quantitative estimate of drug-likeness (QED) is 0.745. The number of amides is 1. The van der Waals surface area contributed by atoms with Crippen LogP contribution in [-0.2, 0) is 11.3 Å². The first kappa shape index (κ1) is 16.0. The van der Waals surface area contributed by atoms with Gasteiger partial charge in [0.1, 0.15) is 0 Å². The topological polar surface area (TPSA) is 98.1 Å². The van der Waals surface area contributed by atoms with Gasteiger partial charge in [-0.05, 0) is 38.8 Å². The van der Waals surface area contributed by atoms with Gasteiger partial charge >= 0.3 is 5.69 Å². The number of hydrogen-bond acceptors (Lipinski definition) is 4. The summed E-state index contributed by atoms with van der Waals surface area (Å²) in [5, 5.41) is 2.81. The number of H-pyrrole nitrogens is 2. The summed E-state index contributed by atoms with van der Waals surface area (Å²) in [7, 11) is 0. The highest BCUT2D eigenvalue weighted by Crippen LogP contribution is 2.27. The van der Waals surface area contributed by atoms with Crippen molar-refractivity contribution in [3.05, 3.63) is 32.6 Å². The molecule has 7 nitrogen and oxygen atoms in total. The van der Waals surface area contributed by atoms with Crippen LogP contribution < -0.4 is 16.6 Å². The maximum Gasteiger partial charge on any atom is 0.325 e. The largest absolute Gasteiger partial charge is 0.352 e. The van der Waals surface area contributed by atoms with E-state index >= 15 is 0 Å². The number of rotatable bonds is 4. The molecule has 3 N–H and O–H groups in total. The van der Waals surface area contributed by atoms with Crippen molar-refractivity contribution in [2.75, 3.05) is 13.1 Å². The monoisotopic (exact) mass is 320 g/mol. The van der Waals surface area contributed by atoms with Crippen molar-refractivity contribution in [2.45, 2.75) is 51.1 Å². The summed E-state index contributed by atoms with van der Waals surface area (Å²) in [5.74, 6) is 0.0242. The van der Waals surface area contributed by atoms with Crippen LogP contribution in [0.15, 0.2) is 15.8 Å². The smallest absolute Gasteiger partial charge is 0.325 e. The summed E-state index contributed by atoms with van der Waals surface area (Å²) in [6.07, 6.45) is 8.37. The van der Waals surface area contributed by atoms with Crippen molar-refractivity contribution in [3.8, 4) is 0 Å². The summed E-state index contributed by atoms with van der Waals surface area (Å²) in [5.41, 5.74) is -0.629. The number of carbonyl (C=O) groups is 1. The van der Waals surface area contributed by atoms with Gasteiger partial charge in [-0.25, -0.2) is 4.79 Å². The van der Waals surface area contributed by atoms with E-state index < -0.39 is 11.2 Å². The maximum atomic E-state index is 12.3. The summed E-state index contributed by atoms with van der Waals surface area (Å²) in [6.45, 7) is 2.12. The highest BCUT2D eigenvalue weighted by atomic mass is 16.2. The summed E-state index contributed by atoms with van der Waals surface area (Å²) in [4.78, 5) is 41.9. The van der Waals surface area contributed by atoms with E-state index in [-0.39, 0.29) is 18.4 Å². The van der Waals surface area contributed by atoms with Crippen molar-refractivity contribution in [1.82, 2.24) is 20.2 Å². The normalized spacial score (nSPS) is 20.7. The Morgan fingerprint density at radius 1 is 1.17 bits per heavy atom. The Kier molecular flexibility index (Phi) is 4.95. The van der Waals surface area contributed by atoms with E-state index in [1.165, 1.54) is 31.9 Å². The minimum absolute atomic E-state index is 0.00155. The van der Waals surface area contributed by atoms with Crippen LogP contribution in [0.4, 0.5) is 0 Å². The first-order chi connectivity index (χ1) is 11.1. The van der Waals surface area contributed by atoms with Gasteiger partial charge in [-0.2, -0.15) is 0 Å². The third-order valence-corrected chi connectivity index (χ3v) is 5.09. The second-order valence-corrected chi connectivity index (χ2v) is 6.56. The van der Waals surface area contributed by atoms with Crippen molar-refractivity contribution < 1.29 is 4.79 Å². The Bertz CT molecular complexity index is 652. The van der Waals surface area contributed by atoms with Crippen molar-refractivity contribution >= 4 is 5.91 Å². The number of aromatic amines is 2. The Balaban J connectivity index is 1.47. The molecule has 1 aliphatic heterocycles. The van der Waals surface area contributed by atoms with Crippen LogP contribution in [0.25, 0.3) is 0 Å². The van der Waals surface area contributed by atoms with E-state index in [9.17, 15) is 14.4 Å². The second kappa shape index (κ2) is 7.12. The standard InChI is InChI=1S/C16H24N4O3/c21-14(17-9-12-10-18-16(23)19-15(12)22)11-5-7-20(8-6-11)13-3-1-2-4-13/h10-11,13H,1-9H2,(H,17,21)(H2,18,19,22,23). The minimum atomic E-state index is -0.538. The van der Waals surface area contributed by atoms with Crippen molar-refractivity contribution in [2.24, 2.45) is 5.92 Å². The molecule has 7 heteroatoms. The van der Waals surface area contributed by atoms with Gasteiger partial charge in [-0.15, -0.1) is 0 Å². The van der Waals surface area contributed by atoms with E-state index in [4.69, 9.17) is 0 Å². The highest BCUT2D eigenvalue weighted by molar-refractivity contribution is 5.78. The fraction of sp³-hybridized carbons (Fsp3) is 0.688. The number of aromatic nitrogens is 2. The molecule has 0 aromatic carbocycles. The molecule has 126 valence electrons. The number of nitrogens with one attached hydrogen (secondary N) is 3. The van der Waals surface area contributed by atoms with Gasteiger partial charge in [-0.3, -0.25) is 14.6 Å². The molecule has 1 aromatic heterocycles. The van der Waals surface area contributed by atoms with E-state index in [2.05, 4.69) is 20.2 Å². The van der Waals surface area contributed by atoms with Crippen LogP contribution in [0.1, 0.15) is 44.1 Å². The molecule has 0 spiro atoms. The zero-order valence-corrected chi connectivity index (χ0v) is 13.3. The SMILES string of the molecule is O=C(NCc1c[nH]c(=O)[nH]c1=O)C1CCN(C2CCCC2)CC1. The van der Waals surface area contributed by atoms with E-state index in [1.54, 1.807) is 0 Å². The van der Waals surface area contributed by atoms with Crippen LogP contribution in [0.3, 0.4) is 0 Å². The van der Waals surface area contributed by atoms with Crippen LogP contribution in [-0.4, -0.2) is 39.9 Å². The predicted molar refractivity (Wildman–Crippen MR) is 86.1 cm³/mol. The Hall–Kier alpha value is -1.89. The van der Waals surface area contributed by atoms with Crippen molar-refractivity contribution in [1.29, 1.82) is 0 Å². The maximum absolute atomic E-state index is 12.3. The molecule has 0 radical (unpaired) electrons. The lowest BCUT2D eigenvalue weighted by molar-refractivity contribution is -0.126. The van der Waals surface area contributed by atoms with Crippen LogP contribution in [0, 0.1) is 5.92 Å². The highest BCUT2D eigenvalue weighted by Gasteiger charge is 2.29. The number of hydrogen-bond donors (Lipinski definition) is 3. The minimum Gasteiger partial charge on any atom is -0.352 e. The number of carbonyl (C=O) groups excluding carboxylic acids is 1. The number of nitrogens with zero attached hydrogens (tertiary/aromatic N) is 1. The lowest BCUT2D eigenvalue weighted by atomic mass is 9.94. The van der Waals surface area contributed by atoms with Gasteiger partial charge in [0.05, 0.1) is 5.56 Å². The van der Waals surface area contributed by atoms with E-state index in [0.717, 1.165) is 32.0 Å². The Labute approximate surface area is 134 Å². The molecule has 0 bridgehead atoms. The molecule has 0 atom stereocenters. The predicted octanol–water partition coefficient (Wildman–Crippen LogP) is 0.334.